The maximum atomic E-state index is 12.2. The number of hydrogen-bond acceptors (Lipinski definition) is 7. The summed E-state index contributed by atoms with van der Waals surface area (Å²) < 4.78 is 4.80. The first kappa shape index (κ1) is 16.5. The molecule has 1 aromatic carbocycles. The van der Waals surface area contributed by atoms with E-state index in [1.54, 1.807) is 24.4 Å². The number of aliphatic hydroxyl groups is 1. The van der Waals surface area contributed by atoms with Gasteiger partial charge in [0.1, 0.15) is 0 Å². The number of carbonyl (C=O) groups excluding carboxylic acids is 2. The Balaban J connectivity index is 1.66. The maximum Gasteiger partial charge on any atom is 0.315 e. The molecule has 0 bridgehead atoms. The summed E-state index contributed by atoms with van der Waals surface area (Å²) in [6.07, 6.45) is 1.53. The summed E-state index contributed by atoms with van der Waals surface area (Å²) in [7, 11) is 0. The number of rotatable bonds is 6. The molecule has 0 saturated heterocycles. The molecule has 2 amide bonds. The minimum absolute atomic E-state index is 0.0755. The predicted octanol–water partition coefficient (Wildman–Crippen LogP) is 0.521. The normalized spacial score (nSPS) is 10.6. The standard InChI is InChI=1S/C16H15N5O4/c22-8-7-18-15(24)16-20-13(21-25-16)9-14(23)19-12-5-1-4-11-10(12)3-2-6-17-11/h1-6,22H,7-9H2,(H,18,24)(H,19,23). The zero-order valence-corrected chi connectivity index (χ0v) is 13.1. The molecule has 9 heteroatoms. The van der Waals surface area contributed by atoms with Gasteiger partial charge in [-0.25, -0.2) is 0 Å². The van der Waals surface area contributed by atoms with Crippen molar-refractivity contribution < 1.29 is 19.2 Å². The van der Waals surface area contributed by atoms with Crippen LogP contribution in [0.4, 0.5) is 5.69 Å². The van der Waals surface area contributed by atoms with Crippen LogP contribution in [-0.2, 0) is 11.2 Å². The van der Waals surface area contributed by atoms with E-state index in [9.17, 15) is 9.59 Å². The van der Waals surface area contributed by atoms with Gasteiger partial charge in [0.05, 0.1) is 24.2 Å². The summed E-state index contributed by atoms with van der Waals surface area (Å²) in [6.45, 7) is -0.124. The number of aliphatic hydroxyl groups excluding tert-OH is 1. The van der Waals surface area contributed by atoms with Gasteiger partial charge in [-0.3, -0.25) is 14.6 Å². The molecule has 0 aliphatic heterocycles. The molecule has 0 unspecified atom stereocenters. The lowest BCUT2D eigenvalue weighted by Gasteiger charge is -2.07. The molecule has 25 heavy (non-hydrogen) atoms. The second-order valence-electron chi connectivity index (χ2n) is 5.10. The van der Waals surface area contributed by atoms with E-state index in [0.717, 1.165) is 10.9 Å². The van der Waals surface area contributed by atoms with Crippen LogP contribution in [-0.4, -0.2) is 45.2 Å². The molecule has 0 saturated carbocycles. The Kier molecular flexibility index (Phi) is 4.95. The molecular weight excluding hydrogens is 326 g/mol. The van der Waals surface area contributed by atoms with Crippen LogP contribution in [0.2, 0.25) is 0 Å². The van der Waals surface area contributed by atoms with Crippen molar-refractivity contribution in [1.82, 2.24) is 20.4 Å². The summed E-state index contributed by atoms with van der Waals surface area (Å²) in [5.74, 6) is -1.12. The fourth-order valence-corrected chi connectivity index (χ4v) is 2.21. The van der Waals surface area contributed by atoms with Crippen molar-refractivity contribution in [2.45, 2.75) is 6.42 Å². The number of pyridine rings is 1. The third-order valence-corrected chi connectivity index (χ3v) is 3.30. The van der Waals surface area contributed by atoms with Gasteiger partial charge >= 0.3 is 11.8 Å². The van der Waals surface area contributed by atoms with E-state index in [2.05, 4.69) is 25.8 Å². The monoisotopic (exact) mass is 341 g/mol. The lowest BCUT2D eigenvalue weighted by molar-refractivity contribution is -0.115. The summed E-state index contributed by atoms with van der Waals surface area (Å²) in [5, 5.41) is 18.2. The Bertz CT molecular complexity index is 903. The van der Waals surface area contributed by atoms with Crippen LogP contribution in [0.1, 0.15) is 16.5 Å². The first-order valence-corrected chi connectivity index (χ1v) is 7.52. The summed E-state index contributed by atoms with van der Waals surface area (Å²) in [6, 6.07) is 9.06. The topological polar surface area (TPSA) is 130 Å². The van der Waals surface area contributed by atoms with Crippen LogP contribution < -0.4 is 10.6 Å². The third kappa shape index (κ3) is 3.96. The summed E-state index contributed by atoms with van der Waals surface area (Å²) in [5.41, 5.74) is 1.39. The van der Waals surface area contributed by atoms with E-state index >= 15 is 0 Å². The number of carbonyl (C=O) groups is 2. The minimum atomic E-state index is -0.603. The second-order valence-corrected chi connectivity index (χ2v) is 5.10. The molecule has 2 aromatic heterocycles. The molecule has 3 N–H and O–H groups in total. The van der Waals surface area contributed by atoms with Crippen molar-refractivity contribution in [2.24, 2.45) is 0 Å². The van der Waals surface area contributed by atoms with Gasteiger partial charge in [0.2, 0.25) is 5.91 Å². The van der Waals surface area contributed by atoms with Crippen molar-refractivity contribution in [2.75, 3.05) is 18.5 Å². The van der Waals surface area contributed by atoms with Gasteiger partial charge in [-0.05, 0) is 24.3 Å². The van der Waals surface area contributed by atoms with Gasteiger partial charge in [0, 0.05) is 18.1 Å². The van der Waals surface area contributed by atoms with E-state index in [0.29, 0.717) is 5.69 Å². The van der Waals surface area contributed by atoms with Crippen molar-refractivity contribution in [3.8, 4) is 0 Å². The van der Waals surface area contributed by atoms with Crippen molar-refractivity contribution in [3.05, 3.63) is 48.2 Å². The van der Waals surface area contributed by atoms with E-state index < -0.39 is 5.91 Å². The quantitative estimate of drug-likeness (QED) is 0.596. The summed E-state index contributed by atoms with van der Waals surface area (Å²) in [4.78, 5) is 31.9. The van der Waals surface area contributed by atoms with Crippen LogP contribution in [0, 0.1) is 0 Å². The Labute approximate surface area is 142 Å². The largest absolute Gasteiger partial charge is 0.395 e. The van der Waals surface area contributed by atoms with Crippen molar-refractivity contribution in [1.29, 1.82) is 0 Å². The van der Waals surface area contributed by atoms with Crippen molar-refractivity contribution >= 4 is 28.4 Å². The number of fused-ring (bicyclic) bond motifs is 1. The number of benzene rings is 1. The number of nitrogens with one attached hydrogen (secondary N) is 2. The highest BCUT2D eigenvalue weighted by Gasteiger charge is 2.17. The zero-order chi connectivity index (χ0) is 17.6. The first-order chi connectivity index (χ1) is 12.2. The molecule has 128 valence electrons. The number of hydrogen-bond donors (Lipinski definition) is 3. The number of aromatic nitrogens is 3. The van der Waals surface area contributed by atoms with Crippen LogP contribution in [0.15, 0.2) is 41.1 Å². The lowest BCUT2D eigenvalue weighted by atomic mass is 10.2. The SMILES string of the molecule is O=C(Cc1noc(C(=O)NCCO)n1)Nc1cccc2ncccc12. The highest BCUT2D eigenvalue weighted by atomic mass is 16.5. The average molecular weight is 341 g/mol. The predicted molar refractivity (Wildman–Crippen MR) is 87.8 cm³/mol. The third-order valence-electron chi connectivity index (χ3n) is 3.30. The molecule has 9 nitrogen and oxygen atoms in total. The first-order valence-electron chi connectivity index (χ1n) is 7.52. The Morgan fingerprint density at radius 2 is 2.08 bits per heavy atom. The van der Waals surface area contributed by atoms with Gasteiger partial charge < -0.3 is 20.3 Å². The highest BCUT2D eigenvalue weighted by molar-refractivity contribution is 6.01. The highest BCUT2D eigenvalue weighted by Crippen LogP contribution is 2.21. The molecule has 0 atom stereocenters. The van der Waals surface area contributed by atoms with Gasteiger partial charge in [-0.2, -0.15) is 4.98 Å². The number of anilines is 1. The average Bonchev–Trinajstić information content (AvgIpc) is 3.08. The Hall–Kier alpha value is -3.33. The number of nitrogens with zero attached hydrogens (tertiary/aromatic N) is 3. The fourth-order valence-electron chi connectivity index (χ4n) is 2.21. The minimum Gasteiger partial charge on any atom is -0.395 e. The van der Waals surface area contributed by atoms with E-state index in [-0.39, 0.29) is 37.2 Å². The van der Waals surface area contributed by atoms with E-state index in [1.165, 1.54) is 0 Å². The summed E-state index contributed by atoms with van der Waals surface area (Å²) >= 11 is 0. The van der Waals surface area contributed by atoms with Gasteiger partial charge in [0.15, 0.2) is 5.82 Å². The number of amides is 2. The molecule has 2 heterocycles. The smallest absolute Gasteiger partial charge is 0.315 e. The Morgan fingerprint density at radius 3 is 2.92 bits per heavy atom. The fraction of sp³-hybridized carbons (Fsp3) is 0.188. The molecule has 0 aliphatic rings. The van der Waals surface area contributed by atoms with Crippen molar-refractivity contribution in [3.63, 3.8) is 0 Å². The van der Waals surface area contributed by atoms with E-state index in [4.69, 9.17) is 9.63 Å². The van der Waals surface area contributed by atoms with Crippen LogP contribution in [0.3, 0.4) is 0 Å². The van der Waals surface area contributed by atoms with Crippen LogP contribution in [0.5, 0.6) is 0 Å². The maximum absolute atomic E-state index is 12.2. The second kappa shape index (κ2) is 7.49. The molecule has 0 aliphatic carbocycles. The molecule has 0 radical (unpaired) electrons. The van der Waals surface area contributed by atoms with Gasteiger partial charge in [-0.15, -0.1) is 0 Å². The molecule has 0 spiro atoms. The van der Waals surface area contributed by atoms with Gasteiger partial charge in [-0.1, -0.05) is 11.2 Å². The lowest BCUT2D eigenvalue weighted by Crippen LogP contribution is -2.26. The van der Waals surface area contributed by atoms with Crippen LogP contribution in [0.25, 0.3) is 10.9 Å². The molecule has 3 aromatic rings. The van der Waals surface area contributed by atoms with Crippen LogP contribution >= 0.6 is 0 Å². The molecule has 3 rings (SSSR count). The molecule has 0 fully saturated rings. The van der Waals surface area contributed by atoms with E-state index in [1.807, 2.05) is 12.1 Å². The molecular formula is C16H15N5O4. The van der Waals surface area contributed by atoms with Gasteiger partial charge in [0.25, 0.3) is 0 Å². The zero-order valence-electron chi connectivity index (χ0n) is 13.1. The Morgan fingerprint density at radius 1 is 1.20 bits per heavy atom.